The third-order valence-corrected chi connectivity index (χ3v) is 2.87. The van der Waals surface area contributed by atoms with Crippen molar-refractivity contribution in [3.63, 3.8) is 0 Å². The molecule has 0 aliphatic heterocycles. The Hall–Kier alpha value is -2.69. The molecule has 1 N–H and O–H groups in total. The number of rotatable bonds is 4. The van der Waals surface area contributed by atoms with E-state index in [1.165, 1.54) is 0 Å². The van der Waals surface area contributed by atoms with Crippen molar-refractivity contribution in [2.24, 2.45) is 0 Å². The third kappa shape index (κ3) is 2.51. The maximum absolute atomic E-state index is 4.60. The lowest BCUT2D eigenvalue weighted by atomic mass is 10.2. The zero-order valence-corrected chi connectivity index (χ0v) is 11.2. The first-order valence-electron chi connectivity index (χ1n) is 6.53. The Morgan fingerprint density at radius 3 is 2.70 bits per heavy atom. The molecular weight excluding hydrogens is 250 g/mol. The predicted molar refractivity (Wildman–Crippen MR) is 78.8 cm³/mol. The summed E-state index contributed by atoms with van der Waals surface area (Å²) in [6.07, 6.45) is 5.33. The van der Waals surface area contributed by atoms with Crippen molar-refractivity contribution in [3.8, 4) is 17.2 Å². The molecule has 20 heavy (non-hydrogen) atoms. The Kier molecular flexibility index (Phi) is 3.41. The SMILES string of the molecule is CCNc1cc(-n2ccnc2)nc(-c2ccccc2)n1. The van der Waals surface area contributed by atoms with Gasteiger partial charge in [0.2, 0.25) is 0 Å². The Bertz CT molecular complexity index is 677. The van der Waals surface area contributed by atoms with Crippen LogP contribution in [-0.4, -0.2) is 26.1 Å². The Morgan fingerprint density at radius 1 is 1.15 bits per heavy atom. The molecule has 100 valence electrons. The highest BCUT2D eigenvalue weighted by atomic mass is 15.1. The lowest BCUT2D eigenvalue weighted by Gasteiger charge is -2.09. The van der Waals surface area contributed by atoms with Crippen molar-refractivity contribution >= 4 is 5.82 Å². The van der Waals surface area contributed by atoms with Gasteiger partial charge in [0.1, 0.15) is 18.0 Å². The van der Waals surface area contributed by atoms with Crippen LogP contribution in [0.25, 0.3) is 17.2 Å². The van der Waals surface area contributed by atoms with Crippen molar-refractivity contribution in [1.82, 2.24) is 19.5 Å². The summed E-state index contributed by atoms with van der Waals surface area (Å²) in [6.45, 7) is 2.86. The molecule has 0 atom stereocenters. The van der Waals surface area contributed by atoms with E-state index in [0.717, 1.165) is 23.7 Å². The summed E-state index contributed by atoms with van der Waals surface area (Å²) in [5.41, 5.74) is 0.994. The van der Waals surface area contributed by atoms with Crippen LogP contribution in [0, 0.1) is 0 Å². The van der Waals surface area contributed by atoms with Crippen LogP contribution in [0.5, 0.6) is 0 Å². The summed E-state index contributed by atoms with van der Waals surface area (Å²) in [5, 5.41) is 3.24. The second-order valence-electron chi connectivity index (χ2n) is 4.30. The van der Waals surface area contributed by atoms with Crippen LogP contribution in [0.3, 0.4) is 0 Å². The molecule has 0 saturated carbocycles. The summed E-state index contributed by atoms with van der Waals surface area (Å²) in [6, 6.07) is 11.9. The van der Waals surface area contributed by atoms with Crippen LogP contribution >= 0.6 is 0 Å². The van der Waals surface area contributed by atoms with Gasteiger partial charge in [-0.15, -0.1) is 0 Å². The molecule has 0 fully saturated rings. The molecule has 3 aromatic rings. The summed E-state index contributed by atoms with van der Waals surface area (Å²) in [7, 11) is 0. The number of nitrogens with zero attached hydrogens (tertiary/aromatic N) is 4. The number of hydrogen-bond donors (Lipinski definition) is 1. The van der Waals surface area contributed by atoms with E-state index in [9.17, 15) is 0 Å². The van der Waals surface area contributed by atoms with Gasteiger partial charge in [-0.1, -0.05) is 30.3 Å². The fourth-order valence-corrected chi connectivity index (χ4v) is 1.95. The molecule has 2 heterocycles. The molecule has 1 aromatic carbocycles. The minimum absolute atomic E-state index is 0.702. The highest BCUT2D eigenvalue weighted by molar-refractivity contribution is 5.59. The molecule has 0 unspecified atom stereocenters. The molecular formula is C15H15N5. The van der Waals surface area contributed by atoms with Gasteiger partial charge in [0.05, 0.1) is 0 Å². The lowest BCUT2D eigenvalue weighted by molar-refractivity contribution is 0.972. The fourth-order valence-electron chi connectivity index (χ4n) is 1.95. The van der Waals surface area contributed by atoms with Crippen LogP contribution in [-0.2, 0) is 0 Å². The Labute approximate surface area is 117 Å². The number of nitrogens with one attached hydrogen (secondary N) is 1. The molecule has 0 aliphatic carbocycles. The predicted octanol–water partition coefficient (Wildman–Crippen LogP) is 2.76. The van der Waals surface area contributed by atoms with Crippen molar-refractivity contribution in [3.05, 3.63) is 55.1 Å². The molecule has 0 radical (unpaired) electrons. The number of anilines is 1. The number of benzene rings is 1. The topological polar surface area (TPSA) is 55.6 Å². The molecule has 2 aromatic heterocycles. The van der Waals surface area contributed by atoms with Crippen molar-refractivity contribution < 1.29 is 0 Å². The molecule has 3 rings (SSSR count). The quantitative estimate of drug-likeness (QED) is 0.788. The van der Waals surface area contributed by atoms with Crippen LogP contribution < -0.4 is 5.32 Å². The van der Waals surface area contributed by atoms with Gasteiger partial charge >= 0.3 is 0 Å². The van der Waals surface area contributed by atoms with E-state index in [2.05, 4.69) is 20.3 Å². The summed E-state index contributed by atoms with van der Waals surface area (Å²) in [5.74, 6) is 2.31. The van der Waals surface area contributed by atoms with E-state index in [-0.39, 0.29) is 0 Å². The first-order valence-corrected chi connectivity index (χ1v) is 6.53. The van der Waals surface area contributed by atoms with E-state index in [0.29, 0.717) is 5.82 Å². The van der Waals surface area contributed by atoms with E-state index in [1.54, 1.807) is 12.5 Å². The second kappa shape index (κ2) is 5.52. The zero-order valence-electron chi connectivity index (χ0n) is 11.2. The first-order chi connectivity index (χ1) is 9.86. The summed E-state index contributed by atoms with van der Waals surface area (Å²) < 4.78 is 1.87. The minimum Gasteiger partial charge on any atom is -0.370 e. The van der Waals surface area contributed by atoms with Gasteiger partial charge in [-0.3, -0.25) is 4.57 Å². The average molecular weight is 265 g/mol. The van der Waals surface area contributed by atoms with Gasteiger partial charge in [0.25, 0.3) is 0 Å². The van der Waals surface area contributed by atoms with E-state index in [1.807, 2.05) is 54.1 Å². The zero-order chi connectivity index (χ0) is 13.8. The average Bonchev–Trinajstić information content (AvgIpc) is 3.02. The maximum atomic E-state index is 4.60. The number of hydrogen-bond acceptors (Lipinski definition) is 4. The van der Waals surface area contributed by atoms with Crippen molar-refractivity contribution in [1.29, 1.82) is 0 Å². The minimum atomic E-state index is 0.702. The monoisotopic (exact) mass is 265 g/mol. The van der Waals surface area contributed by atoms with Crippen molar-refractivity contribution in [2.75, 3.05) is 11.9 Å². The van der Waals surface area contributed by atoms with Gasteiger partial charge in [0, 0.05) is 30.6 Å². The molecule has 0 spiro atoms. The molecule has 0 saturated heterocycles. The largest absolute Gasteiger partial charge is 0.370 e. The van der Waals surface area contributed by atoms with Gasteiger partial charge in [0.15, 0.2) is 5.82 Å². The number of imidazole rings is 1. The van der Waals surface area contributed by atoms with E-state index in [4.69, 9.17) is 0 Å². The van der Waals surface area contributed by atoms with Crippen LogP contribution in [0.2, 0.25) is 0 Å². The normalized spacial score (nSPS) is 10.4. The first kappa shape index (κ1) is 12.3. The Morgan fingerprint density at radius 2 is 2.00 bits per heavy atom. The summed E-state index contributed by atoms with van der Waals surface area (Å²) in [4.78, 5) is 13.2. The van der Waals surface area contributed by atoms with Crippen LogP contribution in [0.1, 0.15) is 6.92 Å². The smallest absolute Gasteiger partial charge is 0.163 e. The highest BCUT2D eigenvalue weighted by Gasteiger charge is 2.07. The van der Waals surface area contributed by atoms with Crippen molar-refractivity contribution in [2.45, 2.75) is 6.92 Å². The molecule has 0 aliphatic rings. The van der Waals surface area contributed by atoms with Gasteiger partial charge in [-0.25, -0.2) is 15.0 Å². The molecule has 5 nitrogen and oxygen atoms in total. The lowest BCUT2D eigenvalue weighted by Crippen LogP contribution is -2.05. The molecule has 0 amide bonds. The maximum Gasteiger partial charge on any atom is 0.163 e. The van der Waals surface area contributed by atoms with E-state index < -0.39 is 0 Å². The van der Waals surface area contributed by atoms with E-state index >= 15 is 0 Å². The third-order valence-electron chi connectivity index (χ3n) is 2.87. The van der Waals surface area contributed by atoms with Crippen LogP contribution in [0.15, 0.2) is 55.1 Å². The molecule has 5 heteroatoms. The van der Waals surface area contributed by atoms with Gasteiger partial charge in [-0.05, 0) is 6.92 Å². The standard InChI is InChI=1S/C15H15N5/c1-2-17-13-10-14(20-9-8-16-11-20)19-15(18-13)12-6-4-3-5-7-12/h3-11H,2H2,1H3,(H,17,18,19). The Balaban J connectivity index is 2.10. The second-order valence-corrected chi connectivity index (χ2v) is 4.30. The summed E-state index contributed by atoms with van der Waals surface area (Å²) >= 11 is 0. The number of aromatic nitrogens is 4. The fraction of sp³-hybridized carbons (Fsp3) is 0.133. The van der Waals surface area contributed by atoms with Gasteiger partial charge in [-0.2, -0.15) is 0 Å². The van der Waals surface area contributed by atoms with Gasteiger partial charge < -0.3 is 5.32 Å². The highest BCUT2D eigenvalue weighted by Crippen LogP contribution is 2.19. The molecule has 0 bridgehead atoms. The van der Waals surface area contributed by atoms with Crippen LogP contribution in [0.4, 0.5) is 5.82 Å².